The fourth-order valence-corrected chi connectivity index (χ4v) is 2.36. The summed E-state index contributed by atoms with van der Waals surface area (Å²) in [6.45, 7) is 1.86. The van der Waals surface area contributed by atoms with Crippen LogP contribution >= 0.6 is 11.6 Å². The van der Waals surface area contributed by atoms with E-state index in [1.165, 1.54) is 7.11 Å². The molecule has 21 heavy (non-hydrogen) atoms. The quantitative estimate of drug-likeness (QED) is 0.859. The maximum absolute atomic E-state index is 11.9. The number of hydrogen-bond acceptors (Lipinski definition) is 5. The summed E-state index contributed by atoms with van der Waals surface area (Å²) in [6.07, 6.45) is 1.10. The van der Waals surface area contributed by atoms with Gasteiger partial charge in [-0.05, 0) is 25.5 Å². The summed E-state index contributed by atoms with van der Waals surface area (Å²) >= 11 is 5.96. The molecule has 1 aromatic heterocycles. The van der Waals surface area contributed by atoms with Gasteiger partial charge in [0.25, 0.3) is 0 Å². The smallest absolute Gasteiger partial charge is 0.338 e. The molecule has 0 fully saturated rings. The number of nitrogens with zero attached hydrogens (tertiary/aromatic N) is 1. The summed E-state index contributed by atoms with van der Waals surface area (Å²) in [4.78, 5) is 11.9. The Morgan fingerprint density at radius 1 is 1.48 bits per heavy atom. The second-order valence-corrected chi connectivity index (χ2v) is 5.01. The number of hydrogen-bond donors (Lipinski definition) is 1. The maximum Gasteiger partial charge on any atom is 0.338 e. The molecule has 0 unspecified atom stereocenters. The Kier molecular flexibility index (Phi) is 4.98. The van der Waals surface area contributed by atoms with Gasteiger partial charge in [0.1, 0.15) is 5.76 Å². The van der Waals surface area contributed by atoms with E-state index in [1.807, 2.05) is 0 Å². The zero-order valence-electron chi connectivity index (χ0n) is 11.9. The third-order valence-corrected chi connectivity index (χ3v) is 3.39. The van der Waals surface area contributed by atoms with Gasteiger partial charge in [-0.15, -0.1) is 0 Å². The Bertz CT molecular complexity index is 651. The van der Waals surface area contributed by atoms with E-state index >= 15 is 0 Å². The lowest BCUT2D eigenvalue weighted by molar-refractivity contribution is 0.0601. The molecule has 0 amide bonds. The van der Waals surface area contributed by atoms with Gasteiger partial charge < -0.3 is 14.4 Å². The third kappa shape index (κ3) is 3.25. The molecule has 2 aromatic rings. The minimum atomic E-state index is -0.471. The molecule has 0 aliphatic heterocycles. The summed E-state index contributed by atoms with van der Waals surface area (Å²) in [6, 6.07) is 5.01. The van der Waals surface area contributed by atoms with E-state index in [0.717, 1.165) is 5.56 Å². The molecule has 0 radical (unpaired) electrons. The van der Waals surface area contributed by atoms with Gasteiger partial charge in [-0.2, -0.15) is 0 Å². The number of benzene rings is 1. The summed E-state index contributed by atoms with van der Waals surface area (Å²) in [5.41, 5.74) is 2.45. The number of aromatic nitrogens is 1. The van der Waals surface area contributed by atoms with Crippen LogP contribution in [0.5, 0.6) is 0 Å². The molecule has 0 spiro atoms. The number of aliphatic hydroxyl groups is 1. The summed E-state index contributed by atoms with van der Waals surface area (Å²) < 4.78 is 10.1. The highest BCUT2D eigenvalue weighted by molar-refractivity contribution is 6.31. The number of carbonyl (C=O) groups excluding carboxylic acids is 1. The molecule has 1 aromatic carbocycles. The SMILES string of the molecule is COC(=O)c1cc(Cl)ccc1-c1c(C)noc1CCCO. The Labute approximate surface area is 127 Å². The highest BCUT2D eigenvalue weighted by Crippen LogP contribution is 2.33. The number of methoxy groups -OCH3 is 1. The highest BCUT2D eigenvalue weighted by atomic mass is 35.5. The van der Waals surface area contributed by atoms with Gasteiger partial charge in [0.2, 0.25) is 0 Å². The molecule has 0 bridgehead atoms. The van der Waals surface area contributed by atoms with Crippen LogP contribution in [-0.4, -0.2) is 29.9 Å². The first kappa shape index (κ1) is 15.5. The van der Waals surface area contributed by atoms with Crippen molar-refractivity contribution in [3.05, 3.63) is 40.2 Å². The van der Waals surface area contributed by atoms with Crippen LogP contribution in [0.3, 0.4) is 0 Å². The third-order valence-electron chi connectivity index (χ3n) is 3.15. The summed E-state index contributed by atoms with van der Waals surface area (Å²) in [5.74, 6) is 0.162. The van der Waals surface area contributed by atoms with Crippen LogP contribution in [0.25, 0.3) is 11.1 Å². The minimum absolute atomic E-state index is 0.0592. The number of rotatable bonds is 5. The molecule has 6 heteroatoms. The van der Waals surface area contributed by atoms with Crippen molar-refractivity contribution >= 4 is 17.6 Å². The predicted molar refractivity (Wildman–Crippen MR) is 78.4 cm³/mol. The Morgan fingerprint density at radius 3 is 2.90 bits per heavy atom. The van der Waals surface area contributed by atoms with Gasteiger partial charge in [0.05, 0.1) is 18.4 Å². The number of ether oxygens (including phenoxy) is 1. The van der Waals surface area contributed by atoms with Crippen LogP contribution in [-0.2, 0) is 11.2 Å². The van der Waals surface area contributed by atoms with E-state index < -0.39 is 5.97 Å². The van der Waals surface area contributed by atoms with Crippen molar-refractivity contribution in [2.24, 2.45) is 0 Å². The van der Waals surface area contributed by atoms with Gasteiger partial charge in [0.15, 0.2) is 0 Å². The Balaban J connectivity index is 2.56. The van der Waals surface area contributed by atoms with Crippen molar-refractivity contribution in [3.63, 3.8) is 0 Å². The van der Waals surface area contributed by atoms with Crippen molar-refractivity contribution in [1.82, 2.24) is 5.16 Å². The van der Waals surface area contributed by atoms with E-state index in [-0.39, 0.29) is 6.61 Å². The molecule has 0 aliphatic carbocycles. The summed E-state index contributed by atoms with van der Waals surface area (Å²) in [5, 5.41) is 13.4. The van der Waals surface area contributed by atoms with Crippen LogP contribution in [0, 0.1) is 6.92 Å². The standard InChI is InChI=1S/C15H16ClNO4/c1-9-14(13(21-17-9)4-3-7-18)11-6-5-10(16)8-12(11)15(19)20-2/h5-6,8,18H,3-4,7H2,1-2H3. The van der Waals surface area contributed by atoms with Gasteiger partial charge in [-0.1, -0.05) is 22.8 Å². The number of carbonyl (C=O) groups is 1. The lowest BCUT2D eigenvalue weighted by Crippen LogP contribution is -2.04. The number of halogens is 1. The van der Waals surface area contributed by atoms with E-state index in [4.69, 9.17) is 26.0 Å². The largest absolute Gasteiger partial charge is 0.465 e. The van der Waals surface area contributed by atoms with Gasteiger partial charge in [-0.3, -0.25) is 0 Å². The fraction of sp³-hybridized carbons (Fsp3) is 0.333. The lowest BCUT2D eigenvalue weighted by Gasteiger charge is -2.09. The molecule has 112 valence electrons. The molecule has 0 saturated heterocycles. The summed E-state index contributed by atoms with van der Waals surface area (Å²) in [7, 11) is 1.32. The number of aryl methyl sites for hydroxylation is 2. The van der Waals surface area contributed by atoms with Crippen LogP contribution in [0.1, 0.15) is 28.2 Å². The molecule has 0 aliphatic rings. The van der Waals surface area contributed by atoms with E-state index in [1.54, 1.807) is 25.1 Å². The zero-order chi connectivity index (χ0) is 15.4. The van der Waals surface area contributed by atoms with Crippen molar-refractivity contribution in [2.75, 3.05) is 13.7 Å². The average Bonchev–Trinajstić information content (AvgIpc) is 2.85. The Morgan fingerprint density at radius 2 is 2.24 bits per heavy atom. The van der Waals surface area contributed by atoms with Crippen molar-refractivity contribution in [1.29, 1.82) is 0 Å². The minimum Gasteiger partial charge on any atom is -0.465 e. The van der Waals surface area contributed by atoms with Gasteiger partial charge in [-0.25, -0.2) is 4.79 Å². The topological polar surface area (TPSA) is 72.6 Å². The Hall–Kier alpha value is -1.85. The molecule has 0 saturated carbocycles. The maximum atomic E-state index is 11.9. The molecular weight excluding hydrogens is 294 g/mol. The van der Waals surface area contributed by atoms with Crippen LogP contribution < -0.4 is 0 Å². The van der Waals surface area contributed by atoms with Crippen molar-refractivity contribution < 1.29 is 19.2 Å². The first-order valence-corrected chi connectivity index (χ1v) is 6.90. The van der Waals surface area contributed by atoms with Gasteiger partial charge >= 0.3 is 5.97 Å². The highest BCUT2D eigenvalue weighted by Gasteiger charge is 2.21. The van der Waals surface area contributed by atoms with Crippen LogP contribution in [0.2, 0.25) is 5.02 Å². The van der Waals surface area contributed by atoms with Crippen LogP contribution in [0.15, 0.2) is 22.7 Å². The van der Waals surface area contributed by atoms with E-state index in [2.05, 4.69) is 5.16 Å². The molecular formula is C15H16ClNO4. The van der Waals surface area contributed by atoms with Crippen molar-refractivity contribution in [2.45, 2.75) is 19.8 Å². The molecule has 5 nitrogen and oxygen atoms in total. The zero-order valence-corrected chi connectivity index (χ0v) is 12.6. The van der Waals surface area contributed by atoms with Crippen molar-refractivity contribution in [3.8, 4) is 11.1 Å². The second-order valence-electron chi connectivity index (χ2n) is 4.57. The lowest BCUT2D eigenvalue weighted by atomic mass is 9.96. The second kappa shape index (κ2) is 6.74. The van der Waals surface area contributed by atoms with E-state index in [9.17, 15) is 4.79 Å². The first-order valence-electron chi connectivity index (χ1n) is 6.52. The average molecular weight is 310 g/mol. The molecule has 1 N–H and O–H groups in total. The molecule has 1 heterocycles. The van der Waals surface area contributed by atoms with E-state index in [0.29, 0.717) is 40.4 Å². The monoisotopic (exact) mass is 309 g/mol. The number of esters is 1. The van der Waals surface area contributed by atoms with Gasteiger partial charge in [0, 0.05) is 29.2 Å². The number of aliphatic hydroxyl groups excluding tert-OH is 1. The molecule has 2 rings (SSSR count). The fourth-order valence-electron chi connectivity index (χ4n) is 2.19. The first-order chi connectivity index (χ1) is 10.1. The predicted octanol–water partition coefficient (Wildman–Crippen LogP) is 3.01. The normalized spacial score (nSPS) is 10.7. The molecule has 0 atom stereocenters. The van der Waals surface area contributed by atoms with Crippen LogP contribution in [0.4, 0.5) is 0 Å².